The fourth-order valence-electron chi connectivity index (χ4n) is 4.05. The topological polar surface area (TPSA) is 54.4 Å². The standard InChI is InChI=1S/C29H37P.CHF3O3S/c1-2-3-4-5-6-7-8-9-12-17-26-22-24-29(25-23-26)30(27-18-13-10-14-19-27)28-20-15-11-16-21-28;2-1(3,4)8(5,6)7/h10-11,13-16,18-25H,2-9,12,17H2,1H3;(H,5,6,7). The molecule has 3 aromatic rings. The van der Waals surface area contributed by atoms with Crippen LogP contribution in [-0.2, 0) is 16.5 Å². The van der Waals surface area contributed by atoms with Gasteiger partial charge in [-0.25, -0.2) is 0 Å². The predicted octanol–water partition coefficient (Wildman–Crippen LogP) is 7.91. The van der Waals surface area contributed by atoms with Gasteiger partial charge >= 0.3 is 15.6 Å². The molecule has 0 fully saturated rings. The molecule has 1 N–H and O–H groups in total. The molecular formula is C30H38F3O3PS. The summed E-state index contributed by atoms with van der Waals surface area (Å²) in [5.41, 5.74) is -4.05. The number of rotatable bonds is 13. The summed E-state index contributed by atoms with van der Waals surface area (Å²) < 4.78 is 57.5. The highest BCUT2D eigenvalue weighted by molar-refractivity contribution is 7.86. The molecule has 0 aromatic heterocycles. The predicted molar refractivity (Wildman–Crippen MR) is 154 cm³/mol. The summed E-state index contributed by atoms with van der Waals surface area (Å²) in [7, 11) is -6.33. The van der Waals surface area contributed by atoms with Gasteiger partial charge < -0.3 is 0 Å². The summed E-state index contributed by atoms with van der Waals surface area (Å²) in [5, 5.41) is 4.29. The first-order chi connectivity index (χ1) is 18.1. The van der Waals surface area contributed by atoms with E-state index in [9.17, 15) is 13.2 Å². The van der Waals surface area contributed by atoms with E-state index in [4.69, 9.17) is 13.0 Å². The molecule has 0 unspecified atom stereocenters. The number of alkyl halides is 3. The van der Waals surface area contributed by atoms with E-state index in [2.05, 4.69) is 91.9 Å². The van der Waals surface area contributed by atoms with Crippen molar-refractivity contribution in [2.75, 3.05) is 0 Å². The highest BCUT2D eigenvalue weighted by Gasteiger charge is 2.44. The van der Waals surface area contributed by atoms with Crippen LogP contribution in [0.25, 0.3) is 0 Å². The highest BCUT2D eigenvalue weighted by atomic mass is 32.2. The van der Waals surface area contributed by atoms with Gasteiger partial charge in [0.05, 0.1) is 0 Å². The van der Waals surface area contributed by atoms with Crippen LogP contribution < -0.4 is 15.9 Å². The molecule has 3 rings (SSSR count). The third-order valence-electron chi connectivity index (χ3n) is 6.08. The van der Waals surface area contributed by atoms with Crippen molar-refractivity contribution in [3.63, 3.8) is 0 Å². The van der Waals surface area contributed by atoms with E-state index in [1.165, 1.54) is 85.7 Å². The molecular weight excluding hydrogens is 528 g/mol. The molecule has 0 amide bonds. The van der Waals surface area contributed by atoms with Crippen LogP contribution >= 0.6 is 7.92 Å². The van der Waals surface area contributed by atoms with Gasteiger partial charge in [-0.3, -0.25) is 4.55 Å². The van der Waals surface area contributed by atoms with Gasteiger partial charge in [0.25, 0.3) is 0 Å². The second kappa shape index (κ2) is 16.7. The molecule has 0 aliphatic heterocycles. The fraction of sp³-hybridized carbons (Fsp3) is 0.400. The molecule has 0 heterocycles. The number of hydrogen-bond acceptors (Lipinski definition) is 2. The van der Waals surface area contributed by atoms with Crippen LogP contribution in [0.1, 0.15) is 70.3 Å². The second-order valence-electron chi connectivity index (χ2n) is 9.17. The zero-order chi connectivity index (χ0) is 27.9. The molecule has 3 aromatic carbocycles. The Balaban J connectivity index is 0.000000550. The lowest BCUT2D eigenvalue weighted by Gasteiger charge is -2.19. The maximum absolute atomic E-state index is 10.7. The molecule has 0 saturated heterocycles. The largest absolute Gasteiger partial charge is 0.522 e. The van der Waals surface area contributed by atoms with Crippen LogP contribution in [-0.4, -0.2) is 18.5 Å². The van der Waals surface area contributed by atoms with Gasteiger partial charge in [0.2, 0.25) is 0 Å². The van der Waals surface area contributed by atoms with Crippen LogP contribution in [0.3, 0.4) is 0 Å². The molecule has 38 heavy (non-hydrogen) atoms. The second-order valence-corrected chi connectivity index (χ2v) is 12.8. The zero-order valence-electron chi connectivity index (χ0n) is 21.9. The molecule has 3 nitrogen and oxygen atoms in total. The summed E-state index contributed by atoms with van der Waals surface area (Å²) >= 11 is 0. The lowest BCUT2D eigenvalue weighted by molar-refractivity contribution is -0.0510. The van der Waals surface area contributed by atoms with Crippen LogP contribution in [0.5, 0.6) is 0 Å². The lowest BCUT2D eigenvalue weighted by Crippen LogP contribution is -2.21. The van der Waals surface area contributed by atoms with Gasteiger partial charge in [0.15, 0.2) is 0 Å². The highest BCUT2D eigenvalue weighted by Crippen LogP contribution is 2.32. The molecule has 0 spiro atoms. The van der Waals surface area contributed by atoms with Crippen molar-refractivity contribution in [1.82, 2.24) is 0 Å². The van der Waals surface area contributed by atoms with Gasteiger partial charge in [-0.2, -0.15) is 21.6 Å². The van der Waals surface area contributed by atoms with Crippen molar-refractivity contribution in [2.45, 2.75) is 76.6 Å². The number of benzene rings is 3. The average Bonchev–Trinajstić information content (AvgIpc) is 2.89. The minimum Gasteiger partial charge on any atom is -0.279 e. The van der Waals surface area contributed by atoms with Crippen molar-refractivity contribution in [3.8, 4) is 0 Å². The molecule has 208 valence electrons. The van der Waals surface area contributed by atoms with E-state index < -0.39 is 23.5 Å². The minimum atomic E-state index is -5.84. The number of halogens is 3. The minimum absolute atomic E-state index is 0.486. The summed E-state index contributed by atoms with van der Waals surface area (Å²) in [5.74, 6) is 0. The monoisotopic (exact) mass is 566 g/mol. The van der Waals surface area contributed by atoms with Crippen molar-refractivity contribution in [1.29, 1.82) is 0 Å². The molecule has 0 aliphatic rings. The summed E-state index contributed by atoms with van der Waals surface area (Å²) in [4.78, 5) is 0. The Morgan fingerprint density at radius 3 is 1.39 bits per heavy atom. The smallest absolute Gasteiger partial charge is 0.279 e. The van der Waals surface area contributed by atoms with E-state index in [1.807, 2.05) is 0 Å². The van der Waals surface area contributed by atoms with Crippen molar-refractivity contribution in [2.24, 2.45) is 0 Å². The van der Waals surface area contributed by atoms with E-state index in [1.54, 1.807) is 0 Å². The SMILES string of the molecule is CCCCCCCCCCCc1ccc(P(c2ccccc2)c2ccccc2)cc1.O=S(=O)(O)C(F)(F)F. The van der Waals surface area contributed by atoms with Crippen LogP contribution in [0, 0.1) is 0 Å². The van der Waals surface area contributed by atoms with Gasteiger partial charge in [-0.1, -0.05) is 143 Å². The Morgan fingerprint density at radius 1 is 0.632 bits per heavy atom. The summed E-state index contributed by atoms with van der Waals surface area (Å²) in [6, 6.07) is 31.4. The molecule has 0 aliphatic carbocycles. The number of hydrogen-bond donors (Lipinski definition) is 1. The third kappa shape index (κ3) is 11.7. The van der Waals surface area contributed by atoms with E-state index in [-0.39, 0.29) is 0 Å². The normalized spacial score (nSPS) is 11.7. The Kier molecular flexibility index (Phi) is 14.1. The van der Waals surface area contributed by atoms with E-state index in [0.717, 1.165) is 0 Å². The maximum Gasteiger partial charge on any atom is 0.522 e. The molecule has 0 radical (unpaired) electrons. The van der Waals surface area contributed by atoms with Crippen LogP contribution in [0.2, 0.25) is 0 Å². The number of aryl methyl sites for hydroxylation is 1. The summed E-state index contributed by atoms with van der Waals surface area (Å²) in [6.07, 6.45) is 13.8. The molecule has 0 atom stereocenters. The first-order valence-electron chi connectivity index (χ1n) is 13.2. The first-order valence-corrected chi connectivity index (χ1v) is 15.9. The van der Waals surface area contributed by atoms with Crippen LogP contribution in [0.4, 0.5) is 13.2 Å². The van der Waals surface area contributed by atoms with E-state index in [0.29, 0.717) is 0 Å². The Hall–Kier alpha value is -2.21. The average molecular weight is 567 g/mol. The Bertz CT molecular complexity index is 1100. The van der Waals surface area contributed by atoms with Crippen molar-refractivity contribution >= 4 is 34.0 Å². The first kappa shape index (κ1) is 32.0. The van der Waals surface area contributed by atoms with Crippen molar-refractivity contribution < 1.29 is 26.1 Å². The zero-order valence-corrected chi connectivity index (χ0v) is 23.6. The summed E-state index contributed by atoms with van der Waals surface area (Å²) in [6.45, 7) is 2.29. The van der Waals surface area contributed by atoms with Crippen LogP contribution in [0.15, 0.2) is 84.9 Å². The van der Waals surface area contributed by atoms with Gasteiger partial charge in [0.1, 0.15) is 0 Å². The van der Waals surface area contributed by atoms with E-state index >= 15 is 0 Å². The third-order valence-corrected chi connectivity index (χ3v) is 9.11. The molecule has 8 heteroatoms. The van der Waals surface area contributed by atoms with Gasteiger partial charge in [0, 0.05) is 0 Å². The van der Waals surface area contributed by atoms with Gasteiger partial charge in [-0.15, -0.1) is 0 Å². The lowest BCUT2D eigenvalue weighted by atomic mass is 10.0. The fourth-order valence-corrected chi connectivity index (χ4v) is 6.34. The number of unbranched alkanes of at least 4 members (excludes halogenated alkanes) is 8. The van der Waals surface area contributed by atoms with Gasteiger partial charge in [-0.05, 0) is 42.2 Å². The maximum atomic E-state index is 10.7. The molecule has 0 saturated carbocycles. The Morgan fingerprint density at radius 2 is 1.00 bits per heavy atom. The molecule has 0 bridgehead atoms. The van der Waals surface area contributed by atoms with Crippen molar-refractivity contribution in [3.05, 3.63) is 90.5 Å². The Labute approximate surface area is 227 Å². The quantitative estimate of drug-likeness (QED) is 0.0990.